The van der Waals surface area contributed by atoms with Crippen LogP contribution in [-0.2, 0) is 0 Å². The van der Waals surface area contributed by atoms with E-state index >= 15 is 0 Å². The highest BCUT2D eigenvalue weighted by molar-refractivity contribution is 6.30. The molecule has 6 heteroatoms. The van der Waals surface area contributed by atoms with E-state index in [0.29, 0.717) is 17.3 Å². The zero-order valence-electron chi connectivity index (χ0n) is 13.7. The van der Waals surface area contributed by atoms with Crippen LogP contribution in [0.2, 0.25) is 5.02 Å². The number of aliphatic hydroxyl groups excluding tert-OH is 1. The van der Waals surface area contributed by atoms with Crippen molar-refractivity contribution < 1.29 is 9.90 Å². The van der Waals surface area contributed by atoms with Crippen LogP contribution in [0.15, 0.2) is 36.5 Å². The van der Waals surface area contributed by atoms with Gasteiger partial charge in [0, 0.05) is 30.7 Å². The Bertz CT molecular complexity index is 716. The van der Waals surface area contributed by atoms with Crippen LogP contribution in [0.25, 0.3) is 5.69 Å². The van der Waals surface area contributed by atoms with Gasteiger partial charge in [-0.2, -0.15) is 5.10 Å². The van der Waals surface area contributed by atoms with Crippen molar-refractivity contribution in [3.05, 3.63) is 47.2 Å². The van der Waals surface area contributed by atoms with Crippen molar-refractivity contribution in [3.63, 3.8) is 0 Å². The number of rotatable bonds is 4. The minimum Gasteiger partial charge on any atom is -0.393 e. The molecule has 5 nitrogen and oxygen atoms in total. The van der Waals surface area contributed by atoms with Crippen LogP contribution in [0, 0.1) is 5.92 Å². The topological polar surface area (TPSA) is 58.4 Å². The Morgan fingerprint density at radius 1 is 1.38 bits per heavy atom. The highest BCUT2D eigenvalue weighted by Crippen LogP contribution is 2.25. The summed E-state index contributed by atoms with van der Waals surface area (Å²) in [6, 6.07) is 9.03. The smallest absolute Gasteiger partial charge is 0.274 e. The third kappa shape index (κ3) is 3.79. The molecule has 0 spiro atoms. The standard InChI is InChI=1S/C18H22ClN3O2/c1-21(12-13-5-2-3-8-17(13)23)18(24)16-9-10-22(20-16)15-7-4-6-14(19)11-15/h4,6-7,9-11,13,17,23H,2-3,5,8,12H2,1H3. The first-order valence-electron chi connectivity index (χ1n) is 8.30. The highest BCUT2D eigenvalue weighted by Gasteiger charge is 2.26. The molecule has 1 aliphatic rings. The van der Waals surface area contributed by atoms with Gasteiger partial charge in [-0.1, -0.05) is 30.5 Å². The van der Waals surface area contributed by atoms with Crippen LogP contribution in [0.3, 0.4) is 0 Å². The van der Waals surface area contributed by atoms with Gasteiger partial charge < -0.3 is 10.0 Å². The number of carbonyl (C=O) groups excluding carboxylic acids is 1. The first-order valence-corrected chi connectivity index (χ1v) is 8.67. The largest absolute Gasteiger partial charge is 0.393 e. The Kier molecular flexibility index (Phi) is 5.21. The molecule has 1 heterocycles. The van der Waals surface area contributed by atoms with E-state index < -0.39 is 0 Å². The summed E-state index contributed by atoms with van der Waals surface area (Å²) in [5, 5.41) is 15.1. The number of hydrogen-bond donors (Lipinski definition) is 1. The van der Waals surface area contributed by atoms with E-state index in [-0.39, 0.29) is 17.9 Å². The fraction of sp³-hybridized carbons (Fsp3) is 0.444. The van der Waals surface area contributed by atoms with Gasteiger partial charge in [0.05, 0.1) is 11.8 Å². The Hall–Kier alpha value is -1.85. The lowest BCUT2D eigenvalue weighted by Gasteiger charge is -2.30. The third-order valence-corrected chi connectivity index (χ3v) is 4.84. The zero-order valence-corrected chi connectivity index (χ0v) is 14.5. The fourth-order valence-electron chi connectivity index (χ4n) is 3.23. The molecule has 1 N–H and O–H groups in total. The molecular weight excluding hydrogens is 326 g/mol. The van der Waals surface area contributed by atoms with Gasteiger partial charge in [-0.15, -0.1) is 0 Å². The maximum absolute atomic E-state index is 12.6. The predicted octanol–water partition coefficient (Wildman–Crippen LogP) is 3.15. The van der Waals surface area contributed by atoms with Crippen LogP contribution in [0.4, 0.5) is 0 Å². The number of amides is 1. The zero-order chi connectivity index (χ0) is 17.1. The SMILES string of the molecule is CN(CC1CCCCC1O)C(=O)c1ccn(-c2cccc(Cl)c2)n1. The number of halogens is 1. The summed E-state index contributed by atoms with van der Waals surface area (Å²) >= 11 is 6.00. The van der Waals surface area contributed by atoms with Gasteiger partial charge in [0.2, 0.25) is 0 Å². The molecule has 2 unspecified atom stereocenters. The Morgan fingerprint density at radius 2 is 2.17 bits per heavy atom. The Balaban J connectivity index is 1.69. The lowest BCUT2D eigenvalue weighted by molar-refractivity contribution is 0.0448. The molecule has 1 aromatic heterocycles. The van der Waals surface area contributed by atoms with Crippen molar-refractivity contribution in [1.29, 1.82) is 0 Å². The van der Waals surface area contributed by atoms with E-state index in [1.54, 1.807) is 41.0 Å². The molecule has 2 aromatic rings. The second-order valence-corrected chi connectivity index (χ2v) is 6.86. The summed E-state index contributed by atoms with van der Waals surface area (Å²) in [5.74, 6) is 0.0243. The van der Waals surface area contributed by atoms with Crippen molar-refractivity contribution in [1.82, 2.24) is 14.7 Å². The van der Waals surface area contributed by atoms with E-state index in [2.05, 4.69) is 5.10 Å². The number of aliphatic hydroxyl groups is 1. The summed E-state index contributed by atoms with van der Waals surface area (Å²) in [4.78, 5) is 14.2. The fourth-order valence-corrected chi connectivity index (χ4v) is 3.42. The molecule has 128 valence electrons. The molecule has 1 saturated carbocycles. The molecular formula is C18H22ClN3O2. The van der Waals surface area contributed by atoms with Gasteiger partial charge >= 0.3 is 0 Å². The van der Waals surface area contributed by atoms with Crippen molar-refractivity contribution in [2.45, 2.75) is 31.8 Å². The summed E-state index contributed by atoms with van der Waals surface area (Å²) in [7, 11) is 1.77. The average Bonchev–Trinajstić information content (AvgIpc) is 3.06. The minimum absolute atomic E-state index is 0.131. The number of nitrogens with zero attached hydrogens (tertiary/aromatic N) is 3. The number of benzene rings is 1. The van der Waals surface area contributed by atoms with Gasteiger partial charge in [0.25, 0.3) is 5.91 Å². The lowest BCUT2D eigenvalue weighted by atomic mass is 9.86. The first-order chi connectivity index (χ1) is 11.5. The van der Waals surface area contributed by atoms with Gasteiger partial charge in [0.15, 0.2) is 5.69 Å². The molecule has 1 fully saturated rings. The molecule has 0 saturated heterocycles. The Morgan fingerprint density at radius 3 is 2.92 bits per heavy atom. The summed E-state index contributed by atoms with van der Waals surface area (Å²) in [6.07, 6.45) is 5.43. The highest BCUT2D eigenvalue weighted by atomic mass is 35.5. The van der Waals surface area contributed by atoms with Crippen molar-refractivity contribution >= 4 is 17.5 Å². The Labute approximate surface area is 146 Å². The molecule has 0 aliphatic heterocycles. The van der Waals surface area contributed by atoms with Crippen LogP contribution in [0.5, 0.6) is 0 Å². The molecule has 0 bridgehead atoms. The number of carbonyl (C=O) groups is 1. The van der Waals surface area contributed by atoms with Gasteiger partial charge in [0.1, 0.15) is 0 Å². The maximum atomic E-state index is 12.6. The van der Waals surface area contributed by atoms with Crippen molar-refractivity contribution in [3.8, 4) is 5.69 Å². The minimum atomic E-state index is -0.307. The molecule has 24 heavy (non-hydrogen) atoms. The maximum Gasteiger partial charge on any atom is 0.274 e. The monoisotopic (exact) mass is 347 g/mol. The van der Waals surface area contributed by atoms with E-state index in [1.165, 1.54) is 0 Å². The molecule has 0 radical (unpaired) electrons. The average molecular weight is 348 g/mol. The second kappa shape index (κ2) is 7.36. The molecule has 2 atom stereocenters. The summed E-state index contributed by atoms with van der Waals surface area (Å²) in [5.41, 5.74) is 1.20. The second-order valence-electron chi connectivity index (χ2n) is 6.42. The summed E-state index contributed by atoms with van der Waals surface area (Å²) < 4.78 is 1.64. The summed E-state index contributed by atoms with van der Waals surface area (Å²) in [6.45, 7) is 0.560. The normalized spacial score (nSPS) is 20.8. The molecule has 1 aliphatic carbocycles. The predicted molar refractivity (Wildman–Crippen MR) is 93.5 cm³/mol. The van der Waals surface area contributed by atoms with E-state index in [4.69, 9.17) is 11.6 Å². The van der Waals surface area contributed by atoms with Gasteiger partial charge in [-0.3, -0.25) is 4.79 Å². The van der Waals surface area contributed by atoms with E-state index in [0.717, 1.165) is 31.4 Å². The number of aromatic nitrogens is 2. The van der Waals surface area contributed by atoms with E-state index in [9.17, 15) is 9.90 Å². The number of hydrogen-bond acceptors (Lipinski definition) is 3. The van der Waals surface area contributed by atoms with Crippen LogP contribution >= 0.6 is 11.6 Å². The molecule has 3 rings (SSSR count). The van der Waals surface area contributed by atoms with E-state index in [1.807, 2.05) is 12.1 Å². The van der Waals surface area contributed by atoms with Gasteiger partial charge in [-0.05, 0) is 37.1 Å². The molecule has 1 aromatic carbocycles. The first kappa shape index (κ1) is 17.0. The third-order valence-electron chi connectivity index (χ3n) is 4.60. The van der Waals surface area contributed by atoms with Crippen LogP contribution < -0.4 is 0 Å². The van der Waals surface area contributed by atoms with Crippen molar-refractivity contribution in [2.75, 3.05) is 13.6 Å². The lowest BCUT2D eigenvalue weighted by Crippen LogP contribution is -2.38. The van der Waals surface area contributed by atoms with Crippen LogP contribution in [0.1, 0.15) is 36.2 Å². The van der Waals surface area contributed by atoms with Crippen molar-refractivity contribution in [2.24, 2.45) is 5.92 Å². The quantitative estimate of drug-likeness (QED) is 0.924. The van der Waals surface area contributed by atoms with Crippen LogP contribution in [-0.4, -0.2) is 45.4 Å². The van der Waals surface area contributed by atoms with Gasteiger partial charge in [-0.25, -0.2) is 4.68 Å². The molecule has 1 amide bonds.